The molecule has 2 aromatic rings. The minimum absolute atomic E-state index is 0.0968. The van der Waals surface area contributed by atoms with E-state index in [-0.39, 0.29) is 17.9 Å². The number of benzene rings is 1. The van der Waals surface area contributed by atoms with Gasteiger partial charge in [0, 0.05) is 25.0 Å². The van der Waals surface area contributed by atoms with Crippen LogP contribution in [0.2, 0.25) is 0 Å². The summed E-state index contributed by atoms with van der Waals surface area (Å²) in [5.74, 6) is 0.988. The Morgan fingerprint density at radius 1 is 1.29 bits per heavy atom. The number of rotatable bonds is 8. The molecule has 0 radical (unpaired) electrons. The number of carbonyl (C=O) groups is 1. The fourth-order valence-electron chi connectivity index (χ4n) is 4.41. The number of carbonyl (C=O) groups excluding carboxylic acids is 1. The number of hydrogen-bond acceptors (Lipinski definition) is 3. The minimum Gasteiger partial charge on any atom is -0.494 e. The van der Waals surface area contributed by atoms with Gasteiger partial charge in [-0.25, -0.2) is 0 Å². The van der Waals surface area contributed by atoms with Crippen molar-refractivity contribution in [1.82, 2.24) is 9.47 Å². The summed E-state index contributed by atoms with van der Waals surface area (Å²) >= 11 is 0. The van der Waals surface area contributed by atoms with Gasteiger partial charge in [-0.2, -0.15) is 0 Å². The standard InChI is InChI=1S/C26H33N3O2/c1-4-17-31-21-11-9-20(10-12-21)26(30)28(5-2)16-14-22-24-7-6-15-29(24)25-13-8-19(3)18-23(25)27-22/h6-9,11-13,15,18,20,22,27H,4-5,10,14,16-17H2,1-3H3. The van der Waals surface area contributed by atoms with E-state index in [4.69, 9.17) is 4.74 Å². The zero-order chi connectivity index (χ0) is 21.8. The van der Waals surface area contributed by atoms with Crippen LogP contribution in [0.3, 0.4) is 0 Å². The number of hydrogen-bond donors (Lipinski definition) is 1. The van der Waals surface area contributed by atoms with Gasteiger partial charge in [0.1, 0.15) is 5.76 Å². The van der Waals surface area contributed by atoms with Crippen molar-refractivity contribution < 1.29 is 9.53 Å². The van der Waals surface area contributed by atoms with Crippen molar-refractivity contribution in [2.24, 2.45) is 5.92 Å². The van der Waals surface area contributed by atoms with Gasteiger partial charge in [-0.05, 0) is 75.1 Å². The second-order valence-electron chi connectivity index (χ2n) is 8.38. The summed E-state index contributed by atoms with van der Waals surface area (Å²) in [6, 6.07) is 11.0. The Morgan fingerprint density at radius 2 is 2.16 bits per heavy atom. The summed E-state index contributed by atoms with van der Waals surface area (Å²) in [4.78, 5) is 15.1. The average Bonchev–Trinajstić information content (AvgIpc) is 3.28. The molecule has 1 amide bonds. The van der Waals surface area contributed by atoms with Crippen LogP contribution in [0.15, 0.2) is 60.5 Å². The number of nitrogens with one attached hydrogen (secondary N) is 1. The van der Waals surface area contributed by atoms with Crippen LogP contribution in [0, 0.1) is 12.8 Å². The molecule has 31 heavy (non-hydrogen) atoms. The Kier molecular flexibility index (Phi) is 6.50. The Labute approximate surface area is 185 Å². The molecular weight excluding hydrogens is 386 g/mol. The predicted molar refractivity (Wildman–Crippen MR) is 125 cm³/mol. The van der Waals surface area contributed by atoms with Crippen molar-refractivity contribution >= 4 is 11.6 Å². The van der Waals surface area contributed by atoms with E-state index in [1.807, 2.05) is 23.1 Å². The van der Waals surface area contributed by atoms with Gasteiger partial charge in [-0.3, -0.25) is 4.79 Å². The third-order valence-corrected chi connectivity index (χ3v) is 6.12. The van der Waals surface area contributed by atoms with Gasteiger partial charge in [-0.1, -0.05) is 19.1 Å². The van der Waals surface area contributed by atoms with Crippen molar-refractivity contribution in [3.8, 4) is 5.69 Å². The first kappa shape index (κ1) is 21.3. The highest BCUT2D eigenvalue weighted by molar-refractivity contribution is 5.81. The van der Waals surface area contributed by atoms with Crippen LogP contribution in [-0.4, -0.2) is 35.1 Å². The molecule has 4 rings (SSSR count). The second kappa shape index (κ2) is 9.46. The lowest BCUT2D eigenvalue weighted by molar-refractivity contribution is -0.133. The van der Waals surface area contributed by atoms with Crippen molar-refractivity contribution in [3.05, 3.63) is 71.8 Å². The molecule has 1 aliphatic heterocycles. The maximum absolute atomic E-state index is 13.1. The van der Waals surface area contributed by atoms with Gasteiger partial charge in [0.25, 0.3) is 0 Å². The van der Waals surface area contributed by atoms with Crippen molar-refractivity contribution in [1.29, 1.82) is 0 Å². The highest BCUT2D eigenvalue weighted by atomic mass is 16.5. The number of aromatic nitrogens is 1. The van der Waals surface area contributed by atoms with Gasteiger partial charge in [0.2, 0.25) is 5.91 Å². The largest absolute Gasteiger partial charge is 0.494 e. The molecule has 2 aliphatic rings. The zero-order valence-corrected chi connectivity index (χ0v) is 18.8. The summed E-state index contributed by atoms with van der Waals surface area (Å²) in [5.41, 5.74) is 4.83. The van der Waals surface area contributed by atoms with Crippen LogP contribution < -0.4 is 5.32 Å². The molecule has 5 nitrogen and oxygen atoms in total. The third-order valence-electron chi connectivity index (χ3n) is 6.12. The first-order valence-electron chi connectivity index (χ1n) is 11.5. The maximum atomic E-state index is 13.1. The number of anilines is 1. The molecule has 164 valence electrons. The van der Waals surface area contributed by atoms with Crippen molar-refractivity contribution in [2.75, 3.05) is 25.0 Å². The first-order chi connectivity index (χ1) is 15.1. The Hall–Kier alpha value is -2.95. The first-order valence-corrected chi connectivity index (χ1v) is 11.5. The van der Waals surface area contributed by atoms with Crippen LogP contribution in [-0.2, 0) is 9.53 Å². The maximum Gasteiger partial charge on any atom is 0.229 e. The van der Waals surface area contributed by atoms with E-state index < -0.39 is 0 Å². The van der Waals surface area contributed by atoms with Crippen LogP contribution >= 0.6 is 0 Å². The molecule has 5 heteroatoms. The monoisotopic (exact) mass is 419 g/mol. The molecule has 0 saturated heterocycles. The number of aryl methyl sites for hydroxylation is 1. The normalized spacial score (nSPS) is 19.1. The average molecular weight is 420 g/mol. The fraction of sp³-hybridized carbons (Fsp3) is 0.423. The summed E-state index contributed by atoms with van der Waals surface area (Å²) in [6.45, 7) is 8.43. The predicted octanol–water partition coefficient (Wildman–Crippen LogP) is 5.38. The lowest BCUT2D eigenvalue weighted by atomic mass is 9.98. The lowest BCUT2D eigenvalue weighted by Crippen LogP contribution is -2.38. The second-order valence-corrected chi connectivity index (χ2v) is 8.38. The van der Waals surface area contributed by atoms with E-state index in [9.17, 15) is 4.79 Å². The highest BCUT2D eigenvalue weighted by Gasteiger charge is 2.27. The molecule has 1 aliphatic carbocycles. The fourth-order valence-corrected chi connectivity index (χ4v) is 4.41. The van der Waals surface area contributed by atoms with Gasteiger partial charge in [0.05, 0.1) is 29.9 Å². The Balaban J connectivity index is 1.40. The van der Waals surface area contributed by atoms with E-state index in [0.29, 0.717) is 13.0 Å². The summed E-state index contributed by atoms with van der Waals surface area (Å²) in [5, 5.41) is 3.70. The molecule has 0 bridgehead atoms. The number of amides is 1. The molecule has 0 saturated carbocycles. The summed E-state index contributed by atoms with van der Waals surface area (Å²) in [6.07, 6.45) is 10.7. The minimum atomic E-state index is -0.0968. The molecule has 1 aromatic heterocycles. The summed E-state index contributed by atoms with van der Waals surface area (Å²) < 4.78 is 7.94. The topological polar surface area (TPSA) is 46.5 Å². The molecule has 0 fully saturated rings. The van der Waals surface area contributed by atoms with E-state index >= 15 is 0 Å². The zero-order valence-electron chi connectivity index (χ0n) is 18.8. The molecule has 1 N–H and O–H groups in total. The van der Waals surface area contributed by atoms with Crippen molar-refractivity contribution in [2.45, 2.75) is 46.1 Å². The SMILES string of the molecule is CCCOC1=CCC(C(=O)N(CC)CCC2Nc3cc(C)ccc3-n3cccc32)C=C1. The van der Waals surface area contributed by atoms with E-state index in [2.05, 4.69) is 67.2 Å². The van der Waals surface area contributed by atoms with Crippen LogP contribution in [0.5, 0.6) is 0 Å². The number of fused-ring (bicyclic) bond motifs is 3. The molecule has 2 heterocycles. The molecule has 0 spiro atoms. The third kappa shape index (κ3) is 4.55. The van der Waals surface area contributed by atoms with Gasteiger partial charge in [-0.15, -0.1) is 0 Å². The van der Waals surface area contributed by atoms with Crippen molar-refractivity contribution in [3.63, 3.8) is 0 Å². The number of allylic oxidation sites excluding steroid dienone is 2. The van der Waals surface area contributed by atoms with Crippen LogP contribution in [0.25, 0.3) is 5.69 Å². The van der Waals surface area contributed by atoms with E-state index in [1.165, 1.54) is 16.9 Å². The highest BCUT2D eigenvalue weighted by Crippen LogP contribution is 2.35. The quantitative estimate of drug-likeness (QED) is 0.625. The number of nitrogens with zero attached hydrogens (tertiary/aromatic N) is 2. The van der Waals surface area contributed by atoms with Gasteiger partial charge < -0.3 is 19.5 Å². The van der Waals surface area contributed by atoms with Crippen LogP contribution in [0.1, 0.15) is 50.4 Å². The van der Waals surface area contributed by atoms with E-state index in [1.54, 1.807) is 0 Å². The Bertz CT molecular complexity index is 988. The van der Waals surface area contributed by atoms with Gasteiger partial charge in [0.15, 0.2) is 0 Å². The molecule has 2 unspecified atom stereocenters. The van der Waals surface area contributed by atoms with Crippen LogP contribution in [0.4, 0.5) is 5.69 Å². The smallest absolute Gasteiger partial charge is 0.229 e. The van der Waals surface area contributed by atoms with Gasteiger partial charge >= 0.3 is 0 Å². The Morgan fingerprint density at radius 3 is 2.90 bits per heavy atom. The lowest BCUT2D eigenvalue weighted by Gasteiger charge is -2.32. The van der Waals surface area contributed by atoms with E-state index in [0.717, 1.165) is 37.4 Å². The molecular formula is C26H33N3O2. The molecule has 2 atom stereocenters. The molecule has 1 aromatic carbocycles. The summed E-state index contributed by atoms with van der Waals surface area (Å²) in [7, 11) is 0. The number of ether oxygens (including phenoxy) is 1.